The van der Waals surface area contributed by atoms with E-state index in [1.165, 1.54) is 5.82 Å². The van der Waals surface area contributed by atoms with E-state index < -0.39 is 0 Å². The van der Waals surface area contributed by atoms with Crippen LogP contribution >= 0.6 is 0 Å². The van der Waals surface area contributed by atoms with Gasteiger partial charge in [-0.25, -0.2) is 9.55 Å². The lowest BCUT2D eigenvalue weighted by atomic mass is 10.4. The van der Waals surface area contributed by atoms with E-state index in [0.29, 0.717) is 6.04 Å². The van der Waals surface area contributed by atoms with Crippen LogP contribution in [-0.2, 0) is 0 Å². The fourth-order valence-corrected chi connectivity index (χ4v) is 0.984. The fourth-order valence-electron chi connectivity index (χ4n) is 0.984. The first-order chi connectivity index (χ1) is 4.22. The molecule has 0 saturated carbocycles. The molecule has 1 aromatic rings. The topological polar surface area (TPSA) is 19.7 Å². The van der Waals surface area contributed by atoms with Gasteiger partial charge < -0.3 is 24.0 Å². The highest BCUT2D eigenvalue weighted by atomic mass is 127. The number of imidazole rings is 1. The molecule has 0 unspecified atom stereocenters. The Morgan fingerprint density at radius 2 is 2.10 bits per heavy atom. The molecule has 10 heavy (non-hydrogen) atoms. The van der Waals surface area contributed by atoms with Gasteiger partial charge in [0.25, 0.3) is 5.82 Å². The summed E-state index contributed by atoms with van der Waals surface area (Å²) in [5, 5.41) is 0. The SMILES string of the molecule is Cc1[nH]cc[n+]1C(C)C.[I-]. The number of nitrogens with zero attached hydrogens (tertiary/aromatic N) is 1. The van der Waals surface area contributed by atoms with E-state index in [-0.39, 0.29) is 24.0 Å². The second kappa shape index (κ2) is 3.95. The van der Waals surface area contributed by atoms with Gasteiger partial charge in [0.2, 0.25) is 0 Å². The van der Waals surface area contributed by atoms with Gasteiger partial charge in [0.1, 0.15) is 12.4 Å². The second-order valence-electron chi connectivity index (χ2n) is 2.55. The number of hydrogen-bond acceptors (Lipinski definition) is 0. The molecule has 2 nitrogen and oxygen atoms in total. The van der Waals surface area contributed by atoms with Crippen LogP contribution < -0.4 is 28.5 Å². The summed E-state index contributed by atoms with van der Waals surface area (Å²) in [6.07, 6.45) is 4.01. The maximum absolute atomic E-state index is 3.11. The third-order valence-corrected chi connectivity index (χ3v) is 1.47. The van der Waals surface area contributed by atoms with Crippen LogP contribution in [0.15, 0.2) is 12.4 Å². The van der Waals surface area contributed by atoms with Crippen LogP contribution in [0.25, 0.3) is 0 Å². The van der Waals surface area contributed by atoms with Crippen molar-refractivity contribution in [1.29, 1.82) is 0 Å². The summed E-state index contributed by atoms with van der Waals surface area (Å²) in [5.74, 6) is 1.21. The highest BCUT2D eigenvalue weighted by Gasteiger charge is 2.06. The molecular formula is C7H13IN2. The Kier molecular flexibility index (Phi) is 3.93. The Balaban J connectivity index is 0.000000810. The van der Waals surface area contributed by atoms with Crippen LogP contribution in [-0.4, -0.2) is 4.98 Å². The third kappa shape index (κ3) is 1.97. The lowest BCUT2D eigenvalue weighted by molar-refractivity contribution is -0.720. The monoisotopic (exact) mass is 252 g/mol. The van der Waals surface area contributed by atoms with Gasteiger partial charge in [0.05, 0.1) is 6.04 Å². The van der Waals surface area contributed by atoms with Gasteiger partial charge >= 0.3 is 0 Å². The number of rotatable bonds is 1. The molecule has 1 heterocycles. The third-order valence-electron chi connectivity index (χ3n) is 1.47. The molecule has 0 radical (unpaired) electrons. The Morgan fingerprint density at radius 1 is 1.50 bits per heavy atom. The van der Waals surface area contributed by atoms with E-state index in [0.717, 1.165) is 0 Å². The van der Waals surface area contributed by atoms with Crippen molar-refractivity contribution in [3.63, 3.8) is 0 Å². The second-order valence-corrected chi connectivity index (χ2v) is 2.55. The summed E-state index contributed by atoms with van der Waals surface area (Å²) in [4.78, 5) is 3.11. The molecule has 1 rings (SSSR count). The summed E-state index contributed by atoms with van der Waals surface area (Å²) in [6, 6.07) is 0.566. The highest BCUT2D eigenvalue weighted by molar-refractivity contribution is 4.71. The predicted molar refractivity (Wildman–Crippen MR) is 36.1 cm³/mol. The minimum absolute atomic E-state index is 0. The lowest BCUT2D eigenvalue weighted by Gasteiger charge is -1.98. The van der Waals surface area contributed by atoms with Crippen LogP contribution in [0.4, 0.5) is 0 Å². The largest absolute Gasteiger partial charge is 1.00 e. The van der Waals surface area contributed by atoms with Gasteiger partial charge in [-0.05, 0) is 13.8 Å². The smallest absolute Gasteiger partial charge is 0.251 e. The van der Waals surface area contributed by atoms with E-state index >= 15 is 0 Å². The Morgan fingerprint density at radius 3 is 2.30 bits per heavy atom. The van der Waals surface area contributed by atoms with E-state index in [1.54, 1.807) is 0 Å². The van der Waals surface area contributed by atoms with E-state index in [1.807, 2.05) is 6.20 Å². The number of aryl methyl sites for hydroxylation is 1. The number of nitrogens with one attached hydrogen (secondary N) is 1. The van der Waals surface area contributed by atoms with Gasteiger partial charge in [-0.1, -0.05) is 0 Å². The van der Waals surface area contributed by atoms with E-state index in [4.69, 9.17) is 0 Å². The molecule has 0 fully saturated rings. The standard InChI is InChI=1S/C7H12N2.HI/c1-6(2)9-5-4-8-7(9)3;/h4-6H,1-3H3;1H. The van der Waals surface area contributed by atoms with Crippen molar-refractivity contribution in [3.05, 3.63) is 18.2 Å². The summed E-state index contributed by atoms with van der Waals surface area (Å²) >= 11 is 0. The van der Waals surface area contributed by atoms with Crippen molar-refractivity contribution >= 4 is 0 Å². The van der Waals surface area contributed by atoms with Gasteiger partial charge in [0.15, 0.2) is 0 Å². The summed E-state index contributed by atoms with van der Waals surface area (Å²) in [6.45, 7) is 6.40. The molecule has 1 N–H and O–H groups in total. The predicted octanol–water partition coefficient (Wildman–Crippen LogP) is -1.80. The normalized spacial score (nSPS) is 9.60. The van der Waals surface area contributed by atoms with Crippen LogP contribution in [0.3, 0.4) is 0 Å². The van der Waals surface area contributed by atoms with Crippen molar-refractivity contribution in [1.82, 2.24) is 4.98 Å². The maximum Gasteiger partial charge on any atom is 0.251 e. The van der Waals surface area contributed by atoms with Crippen molar-refractivity contribution < 1.29 is 28.5 Å². The van der Waals surface area contributed by atoms with Crippen molar-refractivity contribution in [2.24, 2.45) is 0 Å². The first kappa shape index (κ1) is 9.94. The van der Waals surface area contributed by atoms with Gasteiger partial charge in [-0.15, -0.1) is 0 Å². The molecular weight excluding hydrogens is 239 g/mol. The van der Waals surface area contributed by atoms with Gasteiger partial charge in [0, 0.05) is 6.92 Å². The zero-order valence-electron chi connectivity index (χ0n) is 6.56. The minimum atomic E-state index is 0. The fraction of sp³-hybridized carbons (Fsp3) is 0.571. The molecule has 0 bridgehead atoms. The quantitative estimate of drug-likeness (QED) is 0.449. The average molecular weight is 252 g/mol. The van der Waals surface area contributed by atoms with Crippen molar-refractivity contribution in [2.45, 2.75) is 26.8 Å². The maximum atomic E-state index is 3.11. The van der Waals surface area contributed by atoms with Crippen LogP contribution in [0.1, 0.15) is 25.7 Å². The highest BCUT2D eigenvalue weighted by Crippen LogP contribution is 1.92. The molecule has 3 heteroatoms. The molecule has 1 aromatic heterocycles. The lowest BCUT2D eigenvalue weighted by Crippen LogP contribution is -3.00. The Hall–Kier alpha value is -0.0600. The number of halogens is 1. The van der Waals surface area contributed by atoms with Crippen LogP contribution in [0.5, 0.6) is 0 Å². The number of aromatic amines is 1. The number of H-pyrrole nitrogens is 1. The molecule has 0 atom stereocenters. The molecule has 0 aromatic carbocycles. The van der Waals surface area contributed by atoms with Crippen molar-refractivity contribution in [3.8, 4) is 0 Å². The molecule has 0 saturated heterocycles. The molecule has 0 amide bonds. The zero-order valence-corrected chi connectivity index (χ0v) is 8.71. The van der Waals surface area contributed by atoms with E-state index in [2.05, 4.69) is 36.5 Å². The van der Waals surface area contributed by atoms with Gasteiger partial charge in [-0.3, -0.25) is 0 Å². The molecule has 0 aliphatic heterocycles. The summed E-state index contributed by atoms with van der Waals surface area (Å²) in [7, 11) is 0. The summed E-state index contributed by atoms with van der Waals surface area (Å²) in [5.41, 5.74) is 0. The Bertz CT molecular complexity index is 193. The van der Waals surface area contributed by atoms with Gasteiger partial charge in [-0.2, -0.15) is 0 Å². The first-order valence-electron chi connectivity index (χ1n) is 3.27. The van der Waals surface area contributed by atoms with Crippen molar-refractivity contribution in [2.75, 3.05) is 0 Å². The average Bonchev–Trinajstić information content (AvgIpc) is 2.13. The van der Waals surface area contributed by atoms with Crippen LogP contribution in [0.2, 0.25) is 0 Å². The first-order valence-corrected chi connectivity index (χ1v) is 3.27. The van der Waals surface area contributed by atoms with Crippen LogP contribution in [0, 0.1) is 6.92 Å². The summed E-state index contributed by atoms with van der Waals surface area (Å²) < 4.78 is 2.19. The zero-order chi connectivity index (χ0) is 6.85. The molecule has 58 valence electrons. The molecule has 0 aliphatic rings. The molecule has 0 spiro atoms. The minimum Gasteiger partial charge on any atom is -1.00 e. The molecule has 0 aliphatic carbocycles. The number of hydrogen-bond donors (Lipinski definition) is 1. The van der Waals surface area contributed by atoms with E-state index in [9.17, 15) is 0 Å². The number of aromatic nitrogens is 2. The Labute approximate surface area is 78.7 Å².